The highest BCUT2D eigenvalue weighted by Crippen LogP contribution is 2.46. The molecule has 0 spiro atoms. The lowest BCUT2D eigenvalue weighted by molar-refractivity contribution is -0.143. The van der Waals surface area contributed by atoms with Crippen molar-refractivity contribution in [2.75, 3.05) is 11.4 Å². The van der Waals surface area contributed by atoms with E-state index in [1.165, 1.54) is 17.0 Å². The predicted molar refractivity (Wildman–Crippen MR) is 123 cm³/mol. The first-order valence-electron chi connectivity index (χ1n) is 12.1. The molecular weight excluding hydrogens is 524 g/mol. The van der Waals surface area contributed by atoms with Crippen molar-refractivity contribution in [3.05, 3.63) is 63.7 Å². The molecule has 0 saturated carbocycles. The molecule has 38 heavy (non-hydrogen) atoms. The van der Waals surface area contributed by atoms with Crippen molar-refractivity contribution >= 4 is 11.8 Å². The third-order valence-electron chi connectivity index (χ3n) is 6.65. The number of carbonyl (C=O) groups excluding carboxylic acids is 1. The number of alkyl halides is 8. The molecule has 0 aromatic heterocycles. The molecule has 1 amide bonds. The van der Waals surface area contributed by atoms with Crippen molar-refractivity contribution in [1.29, 1.82) is 0 Å². The molecule has 4 rings (SSSR count). The number of hydrogen-bond acceptors (Lipinski definition) is 3. The minimum absolute atomic E-state index is 0.0497. The van der Waals surface area contributed by atoms with Gasteiger partial charge in [0.1, 0.15) is 0 Å². The number of carbonyl (C=O) groups is 1. The Kier molecular flexibility index (Phi) is 7.41. The van der Waals surface area contributed by atoms with Crippen molar-refractivity contribution in [3.8, 4) is 0 Å². The van der Waals surface area contributed by atoms with Gasteiger partial charge in [0.15, 0.2) is 0 Å². The first-order valence-corrected chi connectivity index (χ1v) is 12.1. The Balaban J connectivity index is 1.71. The second-order valence-electron chi connectivity index (χ2n) is 9.85. The Bertz CT molecular complexity index is 1170. The Morgan fingerprint density at radius 2 is 1.68 bits per heavy atom. The van der Waals surface area contributed by atoms with Crippen LogP contribution in [-0.2, 0) is 36.0 Å². The molecule has 1 N–H and O–H groups in total. The molecule has 12 heteroatoms. The summed E-state index contributed by atoms with van der Waals surface area (Å²) < 4.78 is 114. The number of benzene rings is 2. The fraction of sp³-hybridized carbons (Fsp3) is 0.500. The molecule has 208 valence electrons. The number of hydrogen-bond donors (Lipinski definition) is 1. The zero-order valence-electron chi connectivity index (χ0n) is 20.6. The van der Waals surface area contributed by atoms with E-state index in [1.807, 2.05) is 0 Å². The van der Waals surface area contributed by atoms with Crippen LogP contribution in [0.3, 0.4) is 0 Å². The van der Waals surface area contributed by atoms with Crippen LogP contribution in [0.15, 0.2) is 30.3 Å². The van der Waals surface area contributed by atoms with Gasteiger partial charge >= 0.3 is 18.4 Å². The highest BCUT2D eigenvalue weighted by atomic mass is 19.4. The highest BCUT2D eigenvalue weighted by Gasteiger charge is 2.42. The van der Waals surface area contributed by atoms with Gasteiger partial charge < -0.3 is 10.1 Å². The average Bonchev–Trinajstić information content (AvgIpc) is 2.98. The summed E-state index contributed by atoms with van der Waals surface area (Å²) in [6.45, 7) is 3.14. The van der Waals surface area contributed by atoms with Crippen LogP contribution in [0.4, 0.5) is 45.6 Å². The average molecular weight is 550 g/mol. The number of halogens is 8. The summed E-state index contributed by atoms with van der Waals surface area (Å²) in [5.74, 6) is -3.09. The number of nitrogens with one attached hydrogen (secondary N) is 1. The molecule has 1 unspecified atom stereocenters. The van der Waals surface area contributed by atoms with Gasteiger partial charge in [-0.1, -0.05) is 0 Å². The zero-order valence-corrected chi connectivity index (χ0v) is 20.6. The van der Waals surface area contributed by atoms with E-state index in [0.717, 1.165) is 0 Å². The third kappa shape index (κ3) is 5.89. The van der Waals surface area contributed by atoms with E-state index >= 15 is 0 Å². The Labute approximate surface area is 213 Å². The van der Waals surface area contributed by atoms with Crippen LogP contribution in [0.2, 0.25) is 0 Å². The number of amides is 1. The van der Waals surface area contributed by atoms with E-state index in [4.69, 9.17) is 4.74 Å². The van der Waals surface area contributed by atoms with Crippen molar-refractivity contribution in [2.24, 2.45) is 0 Å². The summed E-state index contributed by atoms with van der Waals surface area (Å²) in [7, 11) is 0. The second-order valence-corrected chi connectivity index (χ2v) is 9.85. The minimum atomic E-state index is -4.99. The standard InChI is InChI=1S/C26H26F8N2O2/c1-14(2)38-23(37)36-7-3-4-21(19-12-20-16(10-22(19)36)5-6-24(20,27)28)35-13-15-8-17(25(29,30)31)11-18(9-15)26(32,33)34/h8-12,14,21,35H,3-7,13H2,1-2H3. The van der Waals surface area contributed by atoms with E-state index in [0.29, 0.717) is 41.8 Å². The van der Waals surface area contributed by atoms with Crippen molar-refractivity contribution in [3.63, 3.8) is 0 Å². The van der Waals surface area contributed by atoms with Crippen LogP contribution in [0, 0.1) is 0 Å². The molecule has 2 aromatic carbocycles. The number of rotatable bonds is 4. The molecule has 2 aliphatic rings. The van der Waals surface area contributed by atoms with Crippen LogP contribution in [0.25, 0.3) is 0 Å². The lowest BCUT2D eigenvalue weighted by atomic mass is 9.95. The van der Waals surface area contributed by atoms with E-state index in [9.17, 15) is 39.9 Å². The number of nitrogens with zero attached hydrogens (tertiary/aromatic N) is 1. The van der Waals surface area contributed by atoms with Gasteiger partial charge in [0.05, 0.1) is 22.9 Å². The van der Waals surface area contributed by atoms with E-state index in [2.05, 4.69) is 5.32 Å². The van der Waals surface area contributed by atoms with Crippen molar-refractivity contribution in [1.82, 2.24) is 5.32 Å². The number of anilines is 1. The van der Waals surface area contributed by atoms with Crippen LogP contribution in [0.1, 0.15) is 72.5 Å². The molecule has 4 nitrogen and oxygen atoms in total. The van der Waals surface area contributed by atoms with Crippen molar-refractivity contribution < 1.29 is 44.7 Å². The second kappa shape index (κ2) is 10.0. The topological polar surface area (TPSA) is 41.6 Å². The van der Waals surface area contributed by atoms with Gasteiger partial charge in [-0.2, -0.15) is 26.3 Å². The molecule has 1 aliphatic carbocycles. The maximum atomic E-state index is 14.6. The van der Waals surface area contributed by atoms with Gasteiger partial charge in [0, 0.05) is 31.1 Å². The summed E-state index contributed by atoms with van der Waals surface area (Å²) in [6, 6.07) is 3.40. The van der Waals surface area contributed by atoms with Gasteiger partial charge in [-0.05, 0) is 80.1 Å². The normalized spacial score (nSPS) is 19.2. The van der Waals surface area contributed by atoms with Gasteiger partial charge in [-0.25, -0.2) is 13.6 Å². The van der Waals surface area contributed by atoms with Crippen LogP contribution in [0.5, 0.6) is 0 Å². The lowest BCUT2D eigenvalue weighted by Crippen LogP contribution is -2.34. The molecule has 0 saturated heterocycles. The molecule has 0 fully saturated rings. The summed E-state index contributed by atoms with van der Waals surface area (Å²) in [4.78, 5) is 14.2. The van der Waals surface area contributed by atoms with Gasteiger partial charge in [0.25, 0.3) is 5.92 Å². The zero-order chi connectivity index (χ0) is 28.0. The maximum Gasteiger partial charge on any atom is 0.416 e. The summed E-state index contributed by atoms with van der Waals surface area (Å²) >= 11 is 0. The van der Waals surface area contributed by atoms with Crippen LogP contribution >= 0.6 is 0 Å². The van der Waals surface area contributed by atoms with Crippen LogP contribution in [-0.4, -0.2) is 18.7 Å². The summed E-state index contributed by atoms with van der Waals surface area (Å²) in [6.07, 6.45) is -10.7. The lowest BCUT2D eigenvalue weighted by Gasteiger charge is -2.26. The Hall–Kier alpha value is -2.89. The molecule has 2 aromatic rings. The molecular formula is C26H26F8N2O2. The van der Waals surface area contributed by atoms with Crippen LogP contribution < -0.4 is 10.2 Å². The first-order chi connectivity index (χ1) is 17.6. The number of fused-ring (bicyclic) bond motifs is 2. The van der Waals surface area contributed by atoms with E-state index in [1.54, 1.807) is 13.8 Å². The first kappa shape index (κ1) is 28.1. The SMILES string of the molecule is CC(C)OC(=O)N1CCCC(NCc2cc(C(F)(F)F)cc(C(F)(F)F)c2)c2cc3c(cc21)CCC3(F)F. The molecule has 1 atom stereocenters. The molecule has 1 heterocycles. The summed E-state index contributed by atoms with van der Waals surface area (Å²) in [5, 5.41) is 2.95. The third-order valence-corrected chi connectivity index (χ3v) is 6.65. The molecule has 1 aliphatic heterocycles. The Morgan fingerprint density at radius 1 is 1.05 bits per heavy atom. The van der Waals surface area contributed by atoms with Crippen molar-refractivity contribution in [2.45, 2.75) is 76.5 Å². The largest absolute Gasteiger partial charge is 0.446 e. The van der Waals surface area contributed by atoms with E-state index in [-0.39, 0.29) is 36.7 Å². The fourth-order valence-corrected chi connectivity index (χ4v) is 4.89. The highest BCUT2D eigenvalue weighted by molar-refractivity contribution is 5.89. The minimum Gasteiger partial charge on any atom is -0.446 e. The smallest absolute Gasteiger partial charge is 0.416 e. The van der Waals surface area contributed by atoms with E-state index < -0.39 is 54.1 Å². The summed E-state index contributed by atoms with van der Waals surface area (Å²) in [5.41, 5.74) is -2.31. The monoisotopic (exact) mass is 550 g/mol. The predicted octanol–water partition coefficient (Wildman–Crippen LogP) is 7.74. The quantitative estimate of drug-likeness (QED) is 0.396. The van der Waals surface area contributed by atoms with Gasteiger partial charge in [-0.3, -0.25) is 4.90 Å². The number of aryl methyl sites for hydroxylation is 1. The van der Waals surface area contributed by atoms with Gasteiger partial charge in [-0.15, -0.1) is 0 Å². The fourth-order valence-electron chi connectivity index (χ4n) is 4.89. The van der Waals surface area contributed by atoms with Gasteiger partial charge in [0.2, 0.25) is 0 Å². The molecule has 0 radical (unpaired) electrons. The maximum absolute atomic E-state index is 14.6. The Morgan fingerprint density at radius 3 is 2.26 bits per heavy atom. The molecule has 0 bridgehead atoms. The number of ether oxygens (including phenoxy) is 1.